The van der Waals surface area contributed by atoms with E-state index < -0.39 is 17.9 Å². The highest BCUT2D eigenvalue weighted by Gasteiger charge is 2.66. The predicted octanol–water partition coefficient (Wildman–Crippen LogP) is 3.51. The largest absolute Gasteiger partial charge is 0.458 e. The maximum absolute atomic E-state index is 13.0. The van der Waals surface area contributed by atoms with Gasteiger partial charge in [0.15, 0.2) is 0 Å². The minimum absolute atomic E-state index is 0.209. The van der Waals surface area contributed by atoms with Gasteiger partial charge in [0, 0.05) is 0 Å². The second-order valence-corrected chi connectivity index (χ2v) is 5.29. The van der Waals surface area contributed by atoms with E-state index >= 15 is 0 Å². The summed E-state index contributed by atoms with van der Waals surface area (Å²) in [6.45, 7) is 0. The number of alkyl halides is 3. The summed E-state index contributed by atoms with van der Waals surface area (Å²) in [6, 6.07) is 9.30. The Morgan fingerprint density at radius 2 is 2.00 bits per heavy atom. The molecule has 0 bridgehead atoms. The normalized spacial score (nSPS) is 30.8. The van der Waals surface area contributed by atoms with Crippen molar-refractivity contribution in [1.29, 1.82) is 0 Å². The first-order valence-electron chi connectivity index (χ1n) is 6.73. The highest BCUT2D eigenvalue weighted by Crippen LogP contribution is 2.47. The maximum Gasteiger partial charge on any atom is 0.458 e. The van der Waals surface area contributed by atoms with E-state index in [1.165, 1.54) is 0 Å². The zero-order chi connectivity index (χ0) is 15.1. The average Bonchev–Trinajstić information content (AvgIpc) is 2.80. The number of benzene rings is 1. The molecular formula is C15H14F3NO2. The molecule has 0 aromatic heterocycles. The number of fused-ring (bicyclic) bond motifs is 1. The second-order valence-electron chi connectivity index (χ2n) is 5.29. The summed E-state index contributed by atoms with van der Waals surface area (Å²) in [5.74, 6) is -4.35. The minimum Gasteiger partial charge on any atom is -0.349 e. The van der Waals surface area contributed by atoms with E-state index in [4.69, 9.17) is 0 Å². The van der Waals surface area contributed by atoms with Crippen LogP contribution in [0.3, 0.4) is 0 Å². The predicted molar refractivity (Wildman–Crippen MR) is 71.3 cm³/mol. The molecule has 1 fully saturated rings. The molecule has 3 rings (SSSR count). The summed E-state index contributed by atoms with van der Waals surface area (Å²) in [5.41, 5.74) is 1.79. The number of oxime groups is 1. The zero-order valence-electron chi connectivity index (χ0n) is 11.1. The molecule has 2 atom stereocenters. The first-order chi connectivity index (χ1) is 9.92. The molecule has 112 valence electrons. The van der Waals surface area contributed by atoms with Crippen LogP contribution in [0.15, 0.2) is 41.1 Å². The van der Waals surface area contributed by atoms with E-state index in [9.17, 15) is 18.3 Å². The molecule has 1 aromatic rings. The third-order valence-corrected chi connectivity index (χ3v) is 3.90. The molecule has 21 heavy (non-hydrogen) atoms. The Balaban J connectivity index is 1.93. The Hall–Kier alpha value is -1.82. The lowest BCUT2D eigenvalue weighted by atomic mass is 9.78. The molecule has 1 heterocycles. The summed E-state index contributed by atoms with van der Waals surface area (Å²) in [6.07, 6.45) is -1.67. The highest BCUT2D eigenvalue weighted by atomic mass is 19.4. The van der Waals surface area contributed by atoms with Gasteiger partial charge in [-0.3, -0.25) is 0 Å². The summed E-state index contributed by atoms with van der Waals surface area (Å²) >= 11 is 0. The molecule has 1 aliphatic heterocycles. The van der Waals surface area contributed by atoms with Crippen LogP contribution in [0.1, 0.15) is 24.8 Å². The molecule has 2 aliphatic rings. The highest BCUT2D eigenvalue weighted by molar-refractivity contribution is 6.06. The van der Waals surface area contributed by atoms with Crippen molar-refractivity contribution in [3.8, 4) is 0 Å². The van der Waals surface area contributed by atoms with Gasteiger partial charge in [-0.25, -0.2) is 0 Å². The molecule has 1 N–H and O–H groups in total. The van der Waals surface area contributed by atoms with E-state index in [-0.39, 0.29) is 12.1 Å². The van der Waals surface area contributed by atoms with Crippen molar-refractivity contribution in [1.82, 2.24) is 0 Å². The number of halogens is 3. The first-order valence-corrected chi connectivity index (χ1v) is 6.73. The lowest BCUT2D eigenvalue weighted by molar-refractivity contribution is -0.370. The Labute approximate surface area is 119 Å². The molecule has 6 heteroatoms. The summed E-state index contributed by atoms with van der Waals surface area (Å²) in [5, 5.41) is 13.4. The lowest BCUT2D eigenvalue weighted by Crippen LogP contribution is -2.52. The third kappa shape index (κ3) is 2.33. The van der Waals surface area contributed by atoms with Gasteiger partial charge in [0.05, 0.1) is 11.6 Å². The smallest absolute Gasteiger partial charge is 0.349 e. The minimum atomic E-state index is -4.86. The molecular weight excluding hydrogens is 283 g/mol. The van der Waals surface area contributed by atoms with Crippen molar-refractivity contribution in [2.45, 2.75) is 31.2 Å². The molecule has 3 nitrogen and oxygen atoms in total. The average molecular weight is 297 g/mol. The van der Waals surface area contributed by atoms with Crippen LogP contribution in [0.2, 0.25) is 0 Å². The van der Waals surface area contributed by atoms with Crippen LogP contribution >= 0.6 is 0 Å². The fraction of sp³-hybridized carbons (Fsp3) is 0.400. The molecule has 1 saturated carbocycles. The molecule has 1 aromatic carbocycles. The van der Waals surface area contributed by atoms with Crippen molar-refractivity contribution in [3.63, 3.8) is 0 Å². The zero-order valence-corrected chi connectivity index (χ0v) is 11.1. The lowest BCUT2D eigenvalue weighted by Gasteiger charge is -2.32. The molecule has 0 spiro atoms. The fourth-order valence-electron chi connectivity index (χ4n) is 2.82. The van der Waals surface area contributed by atoms with E-state index in [0.29, 0.717) is 18.4 Å². The van der Waals surface area contributed by atoms with Gasteiger partial charge in [0.1, 0.15) is 0 Å². The van der Waals surface area contributed by atoms with Crippen molar-refractivity contribution in [2.24, 2.45) is 11.1 Å². The van der Waals surface area contributed by atoms with Gasteiger partial charge in [-0.2, -0.15) is 13.2 Å². The van der Waals surface area contributed by atoms with Gasteiger partial charge in [0.25, 0.3) is 0 Å². The number of hydrogen-bond donors (Lipinski definition) is 1. The summed E-state index contributed by atoms with van der Waals surface area (Å²) in [4.78, 5) is 4.40. The van der Waals surface area contributed by atoms with E-state index in [1.807, 2.05) is 30.3 Å². The van der Waals surface area contributed by atoms with Gasteiger partial charge >= 0.3 is 12.0 Å². The Morgan fingerprint density at radius 1 is 1.29 bits per heavy atom. The number of nitrogens with zero attached hydrogens (tertiary/aromatic N) is 1. The van der Waals surface area contributed by atoms with Gasteiger partial charge in [-0.05, 0) is 36.5 Å². The van der Waals surface area contributed by atoms with Gasteiger partial charge in [-0.1, -0.05) is 35.5 Å². The van der Waals surface area contributed by atoms with Crippen LogP contribution in [-0.4, -0.2) is 22.8 Å². The van der Waals surface area contributed by atoms with Crippen molar-refractivity contribution in [3.05, 3.63) is 41.5 Å². The SMILES string of the molecule is O[C@]1(C(F)(F)F)ON=C2/C(=C/c3ccccc3)CCC[C@H]21. The van der Waals surface area contributed by atoms with Crippen LogP contribution in [0, 0.1) is 5.92 Å². The Morgan fingerprint density at radius 3 is 2.67 bits per heavy atom. The summed E-state index contributed by atoms with van der Waals surface area (Å²) in [7, 11) is 0. The molecule has 0 unspecified atom stereocenters. The van der Waals surface area contributed by atoms with Crippen LogP contribution in [0.4, 0.5) is 13.2 Å². The van der Waals surface area contributed by atoms with Gasteiger partial charge < -0.3 is 9.94 Å². The standard InChI is InChI=1S/C15H14F3NO2/c16-15(17,18)14(20)12-8-4-7-11(13(12)19-21-14)9-10-5-2-1-3-6-10/h1-3,5-6,9,12,20H,4,7-8H2/b11-9+/t12-,14+/m1/s1. The van der Waals surface area contributed by atoms with Crippen molar-refractivity contribution in [2.75, 3.05) is 0 Å². The molecule has 1 aliphatic carbocycles. The Kier molecular flexibility index (Phi) is 3.28. The van der Waals surface area contributed by atoms with E-state index in [2.05, 4.69) is 9.99 Å². The number of hydrogen-bond acceptors (Lipinski definition) is 3. The first kappa shape index (κ1) is 14.1. The topological polar surface area (TPSA) is 41.8 Å². The van der Waals surface area contributed by atoms with Gasteiger partial charge in [0.2, 0.25) is 0 Å². The van der Waals surface area contributed by atoms with Crippen molar-refractivity contribution >= 4 is 11.8 Å². The van der Waals surface area contributed by atoms with Crippen molar-refractivity contribution < 1.29 is 23.1 Å². The quantitative estimate of drug-likeness (QED) is 0.862. The maximum atomic E-state index is 13.0. The molecule has 0 saturated heterocycles. The Bertz CT molecular complexity index is 595. The monoisotopic (exact) mass is 297 g/mol. The number of rotatable bonds is 1. The second kappa shape index (κ2) is 4.87. The van der Waals surface area contributed by atoms with Crippen LogP contribution in [0.25, 0.3) is 6.08 Å². The third-order valence-electron chi connectivity index (χ3n) is 3.90. The van der Waals surface area contributed by atoms with E-state index in [0.717, 1.165) is 5.56 Å². The number of aliphatic hydroxyl groups is 1. The van der Waals surface area contributed by atoms with E-state index in [1.54, 1.807) is 6.08 Å². The summed E-state index contributed by atoms with van der Waals surface area (Å²) < 4.78 is 39.0. The van der Waals surface area contributed by atoms with Gasteiger partial charge in [-0.15, -0.1) is 0 Å². The number of allylic oxidation sites excluding steroid dienone is 1. The van der Waals surface area contributed by atoms with Crippen LogP contribution in [-0.2, 0) is 4.84 Å². The fourth-order valence-corrected chi connectivity index (χ4v) is 2.82. The van der Waals surface area contributed by atoms with Crippen LogP contribution in [0.5, 0.6) is 0 Å². The molecule has 0 amide bonds. The van der Waals surface area contributed by atoms with Crippen LogP contribution < -0.4 is 0 Å². The molecule has 0 radical (unpaired) electrons.